The molecule has 0 aliphatic carbocycles. The van der Waals surface area contributed by atoms with Crippen molar-refractivity contribution in [2.24, 2.45) is 5.90 Å². The van der Waals surface area contributed by atoms with Crippen LogP contribution >= 0.6 is 11.6 Å². The van der Waals surface area contributed by atoms with Crippen molar-refractivity contribution in [2.45, 2.75) is 6.92 Å². The van der Waals surface area contributed by atoms with Gasteiger partial charge in [0.25, 0.3) is 0 Å². The van der Waals surface area contributed by atoms with Gasteiger partial charge in [-0.3, -0.25) is 0 Å². The fraction of sp³-hybridized carbons (Fsp3) is 0.143. The molecular formula is C7H8ClNO. The van der Waals surface area contributed by atoms with Crippen molar-refractivity contribution in [1.82, 2.24) is 0 Å². The maximum Gasteiger partial charge on any atom is 0.168 e. The van der Waals surface area contributed by atoms with Crippen molar-refractivity contribution in [2.75, 3.05) is 0 Å². The minimum atomic E-state index is 0.544. The van der Waals surface area contributed by atoms with Crippen molar-refractivity contribution in [3.63, 3.8) is 0 Å². The van der Waals surface area contributed by atoms with Crippen LogP contribution in [0, 0.1) is 6.92 Å². The molecule has 0 saturated carbocycles. The number of benzene rings is 1. The van der Waals surface area contributed by atoms with Gasteiger partial charge in [-0.05, 0) is 18.6 Å². The highest BCUT2D eigenvalue weighted by molar-refractivity contribution is 6.32. The fourth-order valence-electron chi connectivity index (χ4n) is 0.766. The normalized spacial score (nSPS) is 9.50. The van der Waals surface area contributed by atoms with Crippen LogP contribution < -0.4 is 10.7 Å². The average Bonchev–Trinajstić information content (AvgIpc) is 1.88. The minimum Gasteiger partial charge on any atom is -0.410 e. The van der Waals surface area contributed by atoms with E-state index in [2.05, 4.69) is 4.84 Å². The van der Waals surface area contributed by atoms with E-state index in [1.165, 1.54) is 0 Å². The highest BCUT2D eigenvalue weighted by atomic mass is 35.5. The van der Waals surface area contributed by atoms with Gasteiger partial charge in [-0.25, -0.2) is 0 Å². The van der Waals surface area contributed by atoms with Crippen LogP contribution in [0.2, 0.25) is 5.02 Å². The summed E-state index contributed by atoms with van der Waals surface area (Å²) in [5, 5.41) is 0.544. The second-order valence-electron chi connectivity index (χ2n) is 2.00. The first-order chi connectivity index (χ1) is 4.75. The quantitative estimate of drug-likeness (QED) is 0.632. The van der Waals surface area contributed by atoms with Gasteiger partial charge in [0, 0.05) is 0 Å². The summed E-state index contributed by atoms with van der Waals surface area (Å²) in [6.45, 7) is 1.88. The molecule has 1 rings (SSSR count). The largest absolute Gasteiger partial charge is 0.410 e. The van der Waals surface area contributed by atoms with E-state index in [-0.39, 0.29) is 0 Å². The number of hydrogen-bond acceptors (Lipinski definition) is 2. The van der Waals surface area contributed by atoms with E-state index in [0.717, 1.165) is 5.56 Å². The van der Waals surface area contributed by atoms with Crippen LogP contribution in [-0.4, -0.2) is 0 Å². The summed E-state index contributed by atoms with van der Waals surface area (Å²) in [5.41, 5.74) is 0.940. The Hall–Kier alpha value is -0.730. The van der Waals surface area contributed by atoms with E-state index < -0.39 is 0 Å². The third-order valence-electron chi connectivity index (χ3n) is 1.28. The molecule has 0 unspecified atom stereocenters. The molecular weight excluding hydrogens is 150 g/mol. The summed E-state index contributed by atoms with van der Waals surface area (Å²) < 4.78 is 0. The summed E-state index contributed by atoms with van der Waals surface area (Å²) in [5.74, 6) is 5.51. The average molecular weight is 158 g/mol. The van der Waals surface area contributed by atoms with E-state index in [9.17, 15) is 0 Å². The van der Waals surface area contributed by atoms with Gasteiger partial charge in [-0.15, -0.1) is 0 Å². The Morgan fingerprint density at radius 3 is 2.60 bits per heavy atom. The number of hydrogen-bond donors (Lipinski definition) is 1. The molecule has 0 fully saturated rings. The summed E-state index contributed by atoms with van der Waals surface area (Å²) >= 11 is 5.72. The molecule has 2 N–H and O–H groups in total. The lowest BCUT2D eigenvalue weighted by molar-refractivity contribution is 0.332. The Balaban J connectivity index is 3.17. The summed E-state index contributed by atoms with van der Waals surface area (Å²) in [6.07, 6.45) is 0. The van der Waals surface area contributed by atoms with Crippen molar-refractivity contribution < 1.29 is 4.84 Å². The first-order valence-electron chi connectivity index (χ1n) is 2.87. The van der Waals surface area contributed by atoms with Gasteiger partial charge in [0.15, 0.2) is 5.75 Å². The van der Waals surface area contributed by atoms with Crippen LogP contribution in [0.15, 0.2) is 18.2 Å². The number of halogens is 1. The standard InChI is InChI=1S/C7H8ClNO/c1-5-3-2-4-6(8)7(5)10-9/h2-4H,9H2,1H3. The second kappa shape index (κ2) is 2.90. The predicted molar refractivity (Wildman–Crippen MR) is 41.0 cm³/mol. The molecule has 0 aliphatic rings. The molecule has 3 heteroatoms. The summed E-state index contributed by atoms with van der Waals surface area (Å²) in [4.78, 5) is 4.54. The molecule has 0 aliphatic heterocycles. The van der Waals surface area contributed by atoms with Crippen LogP contribution in [-0.2, 0) is 0 Å². The molecule has 10 heavy (non-hydrogen) atoms. The lowest BCUT2D eigenvalue weighted by Crippen LogP contribution is -2.03. The molecule has 0 atom stereocenters. The van der Waals surface area contributed by atoms with Gasteiger partial charge in [-0.1, -0.05) is 23.7 Å². The smallest absolute Gasteiger partial charge is 0.168 e. The van der Waals surface area contributed by atoms with Gasteiger partial charge >= 0.3 is 0 Å². The number of para-hydroxylation sites is 1. The molecule has 54 valence electrons. The molecule has 0 heterocycles. The van der Waals surface area contributed by atoms with Crippen molar-refractivity contribution in [3.8, 4) is 5.75 Å². The van der Waals surface area contributed by atoms with Crippen LogP contribution in [0.4, 0.5) is 0 Å². The van der Waals surface area contributed by atoms with Crippen LogP contribution in [0.5, 0.6) is 5.75 Å². The summed E-state index contributed by atoms with van der Waals surface area (Å²) in [6, 6.07) is 5.46. The summed E-state index contributed by atoms with van der Waals surface area (Å²) in [7, 11) is 0. The van der Waals surface area contributed by atoms with Gasteiger partial charge in [0.2, 0.25) is 0 Å². The minimum absolute atomic E-state index is 0.544. The topological polar surface area (TPSA) is 35.2 Å². The molecule has 0 aromatic heterocycles. The molecule has 1 aromatic rings. The van der Waals surface area contributed by atoms with Crippen LogP contribution in [0.25, 0.3) is 0 Å². The van der Waals surface area contributed by atoms with Crippen molar-refractivity contribution in [3.05, 3.63) is 28.8 Å². The van der Waals surface area contributed by atoms with E-state index in [0.29, 0.717) is 10.8 Å². The van der Waals surface area contributed by atoms with Gasteiger partial charge < -0.3 is 4.84 Å². The first-order valence-corrected chi connectivity index (χ1v) is 3.25. The Labute approximate surface area is 64.5 Å². The molecule has 2 nitrogen and oxygen atoms in total. The zero-order valence-corrected chi connectivity index (χ0v) is 6.35. The molecule has 0 spiro atoms. The lowest BCUT2D eigenvalue weighted by Gasteiger charge is -2.03. The molecule has 0 amide bonds. The third kappa shape index (κ3) is 1.23. The molecule has 1 aromatic carbocycles. The second-order valence-corrected chi connectivity index (χ2v) is 2.41. The molecule has 0 radical (unpaired) electrons. The number of rotatable bonds is 1. The Kier molecular flexibility index (Phi) is 2.14. The lowest BCUT2D eigenvalue weighted by atomic mass is 10.2. The van der Waals surface area contributed by atoms with E-state index in [1.54, 1.807) is 6.07 Å². The van der Waals surface area contributed by atoms with E-state index in [1.807, 2.05) is 19.1 Å². The highest BCUT2D eigenvalue weighted by Crippen LogP contribution is 2.26. The first kappa shape index (κ1) is 7.38. The number of aryl methyl sites for hydroxylation is 1. The Morgan fingerprint density at radius 1 is 1.50 bits per heavy atom. The van der Waals surface area contributed by atoms with Gasteiger partial charge in [-0.2, -0.15) is 5.90 Å². The van der Waals surface area contributed by atoms with Crippen LogP contribution in [0.3, 0.4) is 0 Å². The SMILES string of the molecule is Cc1cccc(Cl)c1ON. The highest BCUT2D eigenvalue weighted by Gasteiger charge is 2.01. The zero-order chi connectivity index (χ0) is 7.56. The van der Waals surface area contributed by atoms with Gasteiger partial charge in [0.05, 0.1) is 5.02 Å². The Morgan fingerprint density at radius 2 is 2.20 bits per heavy atom. The van der Waals surface area contributed by atoms with E-state index in [4.69, 9.17) is 17.5 Å². The van der Waals surface area contributed by atoms with Gasteiger partial charge in [0.1, 0.15) is 0 Å². The Bertz CT molecular complexity index is 217. The zero-order valence-electron chi connectivity index (χ0n) is 5.60. The monoisotopic (exact) mass is 157 g/mol. The van der Waals surface area contributed by atoms with E-state index >= 15 is 0 Å². The van der Waals surface area contributed by atoms with Crippen LogP contribution in [0.1, 0.15) is 5.56 Å². The fourth-order valence-corrected chi connectivity index (χ4v) is 1.03. The van der Waals surface area contributed by atoms with Crippen molar-refractivity contribution >= 4 is 11.6 Å². The third-order valence-corrected chi connectivity index (χ3v) is 1.58. The van der Waals surface area contributed by atoms with Crippen molar-refractivity contribution in [1.29, 1.82) is 0 Å². The maximum absolute atomic E-state index is 5.72. The maximum atomic E-state index is 5.72. The molecule has 0 saturated heterocycles. The molecule has 0 bridgehead atoms. The number of nitrogens with two attached hydrogens (primary N) is 1. The predicted octanol–water partition coefficient (Wildman–Crippen LogP) is 1.90.